The number of hydrogen-bond acceptors (Lipinski definition) is 3. The second kappa shape index (κ2) is 6.81. The maximum absolute atomic E-state index is 12.2. The van der Waals surface area contributed by atoms with Gasteiger partial charge in [0.05, 0.1) is 23.3 Å². The fourth-order valence-electron chi connectivity index (χ4n) is 2.01. The van der Waals surface area contributed by atoms with Crippen molar-refractivity contribution in [1.82, 2.24) is 14.8 Å². The lowest BCUT2D eigenvalue weighted by molar-refractivity contribution is 0.102. The van der Waals surface area contributed by atoms with Crippen molar-refractivity contribution in [2.75, 3.05) is 5.32 Å². The Kier molecular flexibility index (Phi) is 4.60. The highest BCUT2D eigenvalue weighted by molar-refractivity contribution is 6.31. The van der Waals surface area contributed by atoms with Crippen LogP contribution in [0.15, 0.2) is 55.0 Å². The van der Waals surface area contributed by atoms with Gasteiger partial charge in [0.15, 0.2) is 0 Å². The molecule has 3 aromatic rings. The van der Waals surface area contributed by atoms with E-state index in [4.69, 9.17) is 23.2 Å². The van der Waals surface area contributed by atoms with Crippen molar-refractivity contribution in [2.24, 2.45) is 0 Å². The third kappa shape index (κ3) is 3.88. The summed E-state index contributed by atoms with van der Waals surface area (Å²) < 4.78 is 1.66. The lowest BCUT2D eigenvalue weighted by atomic mass is 10.2. The van der Waals surface area contributed by atoms with Gasteiger partial charge in [0.25, 0.3) is 5.91 Å². The van der Waals surface area contributed by atoms with Crippen LogP contribution in [0.3, 0.4) is 0 Å². The van der Waals surface area contributed by atoms with Crippen LogP contribution in [-0.4, -0.2) is 20.7 Å². The molecule has 1 aromatic carbocycles. The van der Waals surface area contributed by atoms with Crippen molar-refractivity contribution in [3.8, 4) is 0 Å². The number of halogens is 2. The van der Waals surface area contributed by atoms with E-state index in [0.717, 1.165) is 5.56 Å². The van der Waals surface area contributed by atoms with Gasteiger partial charge in [0, 0.05) is 17.4 Å². The average Bonchev–Trinajstić information content (AvgIpc) is 3.01. The summed E-state index contributed by atoms with van der Waals surface area (Å²) in [5.41, 5.74) is 1.37. The molecule has 1 amide bonds. The molecule has 0 bridgehead atoms. The van der Waals surface area contributed by atoms with Gasteiger partial charge in [-0.05, 0) is 23.8 Å². The van der Waals surface area contributed by atoms with Crippen LogP contribution in [0.5, 0.6) is 0 Å². The van der Waals surface area contributed by atoms with E-state index in [1.165, 1.54) is 12.4 Å². The van der Waals surface area contributed by atoms with Gasteiger partial charge in [0.1, 0.15) is 5.82 Å². The fraction of sp³-hybridized carbons (Fsp3) is 0.0625. The van der Waals surface area contributed by atoms with Gasteiger partial charge >= 0.3 is 0 Å². The first-order valence-corrected chi connectivity index (χ1v) is 7.56. The zero-order valence-corrected chi connectivity index (χ0v) is 13.4. The molecule has 0 fully saturated rings. The number of carbonyl (C=O) groups excluding carboxylic acids is 1. The van der Waals surface area contributed by atoms with Crippen LogP contribution in [0.1, 0.15) is 15.9 Å². The largest absolute Gasteiger partial charge is 0.306 e. The Balaban J connectivity index is 1.70. The van der Waals surface area contributed by atoms with Gasteiger partial charge in [-0.25, -0.2) is 4.98 Å². The van der Waals surface area contributed by atoms with Gasteiger partial charge in [-0.2, -0.15) is 5.10 Å². The van der Waals surface area contributed by atoms with E-state index in [-0.39, 0.29) is 5.91 Å². The molecule has 0 aliphatic carbocycles. The van der Waals surface area contributed by atoms with Gasteiger partial charge < -0.3 is 5.32 Å². The van der Waals surface area contributed by atoms with Gasteiger partial charge in [0.2, 0.25) is 0 Å². The summed E-state index contributed by atoms with van der Waals surface area (Å²) in [4.78, 5) is 16.2. The number of anilines is 1. The molecule has 0 spiro atoms. The summed E-state index contributed by atoms with van der Waals surface area (Å²) in [5.74, 6) is 0.142. The Morgan fingerprint density at radius 2 is 1.96 bits per heavy atom. The molecule has 1 N–H and O–H groups in total. The van der Waals surface area contributed by atoms with E-state index >= 15 is 0 Å². The SMILES string of the molecule is O=C(Nc1ccc(Cl)cn1)c1cnn(Cc2ccccc2Cl)c1. The number of carbonyl (C=O) groups is 1. The van der Waals surface area contributed by atoms with Crippen LogP contribution in [0.2, 0.25) is 10.0 Å². The predicted molar refractivity (Wildman–Crippen MR) is 90.0 cm³/mol. The highest BCUT2D eigenvalue weighted by Gasteiger charge is 2.10. The molecular weight excluding hydrogens is 335 g/mol. The molecule has 0 aliphatic rings. The van der Waals surface area contributed by atoms with Crippen molar-refractivity contribution < 1.29 is 4.79 Å². The zero-order chi connectivity index (χ0) is 16.2. The molecule has 0 radical (unpaired) electrons. The molecule has 0 unspecified atom stereocenters. The number of pyridine rings is 1. The lowest BCUT2D eigenvalue weighted by Gasteiger charge is -2.04. The molecule has 3 rings (SSSR count). The van der Waals surface area contributed by atoms with E-state index in [1.807, 2.05) is 24.3 Å². The Morgan fingerprint density at radius 1 is 1.13 bits per heavy atom. The maximum atomic E-state index is 12.2. The van der Waals surface area contributed by atoms with Crippen LogP contribution < -0.4 is 5.32 Å². The third-order valence-corrected chi connectivity index (χ3v) is 3.75. The standard InChI is InChI=1S/C16H12Cl2N4O/c17-13-5-6-15(19-8-13)21-16(23)12-7-20-22(10-12)9-11-3-1-2-4-14(11)18/h1-8,10H,9H2,(H,19,21,23). The molecule has 23 heavy (non-hydrogen) atoms. The van der Waals surface area contributed by atoms with Crippen molar-refractivity contribution in [2.45, 2.75) is 6.54 Å². The van der Waals surface area contributed by atoms with Crippen molar-refractivity contribution in [1.29, 1.82) is 0 Å². The highest BCUT2D eigenvalue weighted by atomic mass is 35.5. The Morgan fingerprint density at radius 3 is 2.70 bits per heavy atom. The minimum atomic E-state index is -0.287. The summed E-state index contributed by atoms with van der Waals surface area (Å²) in [5, 5.41) is 8.05. The van der Waals surface area contributed by atoms with Crippen molar-refractivity contribution in [3.63, 3.8) is 0 Å². The van der Waals surface area contributed by atoms with Crippen molar-refractivity contribution >= 4 is 34.9 Å². The first kappa shape index (κ1) is 15.5. The first-order chi connectivity index (χ1) is 11.1. The molecule has 7 heteroatoms. The molecule has 0 saturated heterocycles. The van der Waals surface area contributed by atoms with Crippen LogP contribution in [0, 0.1) is 0 Å². The predicted octanol–water partition coefficient (Wildman–Crippen LogP) is 3.89. The summed E-state index contributed by atoms with van der Waals surface area (Å²) in [6.07, 6.45) is 4.63. The van der Waals surface area contributed by atoms with Crippen LogP contribution in [0.25, 0.3) is 0 Å². The smallest absolute Gasteiger partial charge is 0.260 e. The molecular formula is C16H12Cl2N4O. The monoisotopic (exact) mass is 346 g/mol. The summed E-state index contributed by atoms with van der Waals surface area (Å²) in [6, 6.07) is 10.8. The number of benzene rings is 1. The second-order valence-corrected chi connectivity index (χ2v) is 5.68. The van der Waals surface area contributed by atoms with E-state index in [9.17, 15) is 4.79 Å². The molecule has 0 saturated carbocycles. The van der Waals surface area contributed by atoms with E-state index in [0.29, 0.717) is 28.0 Å². The molecule has 2 aromatic heterocycles. The number of nitrogens with one attached hydrogen (secondary N) is 1. The molecule has 5 nitrogen and oxygen atoms in total. The summed E-state index contributed by atoms with van der Waals surface area (Å²) >= 11 is 11.9. The summed E-state index contributed by atoms with van der Waals surface area (Å²) in [6.45, 7) is 0.492. The topological polar surface area (TPSA) is 59.8 Å². The third-order valence-electron chi connectivity index (χ3n) is 3.15. The van der Waals surface area contributed by atoms with E-state index in [1.54, 1.807) is 23.0 Å². The number of aromatic nitrogens is 3. The number of nitrogens with zero attached hydrogens (tertiary/aromatic N) is 3. The molecule has 116 valence electrons. The van der Waals surface area contributed by atoms with E-state index in [2.05, 4.69) is 15.4 Å². The minimum Gasteiger partial charge on any atom is -0.306 e. The number of amides is 1. The van der Waals surface area contributed by atoms with Crippen LogP contribution in [-0.2, 0) is 6.54 Å². The zero-order valence-electron chi connectivity index (χ0n) is 11.9. The quantitative estimate of drug-likeness (QED) is 0.779. The maximum Gasteiger partial charge on any atom is 0.260 e. The Labute approximate surface area is 142 Å². The summed E-state index contributed by atoms with van der Waals surface area (Å²) in [7, 11) is 0. The number of rotatable bonds is 4. The average molecular weight is 347 g/mol. The van der Waals surface area contributed by atoms with Crippen molar-refractivity contribution in [3.05, 3.63) is 76.2 Å². The number of hydrogen-bond donors (Lipinski definition) is 1. The van der Waals surface area contributed by atoms with Gasteiger partial charge in [-0.3, -0.25) is 9.48 Å². The van der Waals surface area contributed by atoms with E-state index < -0.39 is 0 Å². The Bertz CT molecular complexity index is 830. The highest BCUT2D eigenvalue weighted by Crippen LogP contribution is 2.16. The molecule has 2 heterocycles. The van der Waals surface area contributed by atoms with Gasteiger partial charge in [-0.1, -0.05) is 41.4 Å². The fourth-order valence-corrected chi connectivity index (χ4v) is 2.31. The van der Waals surface area contributed by atoms with Gasteiger partial charge in [-0.15, -0.1) is 0 Å². The lowest BCUT2D eigenvalue weighted by Crippen LogP contribution is -2.12. The normalized spacial score (nSPS) is 10.5. The second-order valence-electron chi connectivity index (χ2n) is 4.83. The van der Waals surface area contributed by atoms with Crippen LogP contribution in [0.4, 0.5) is 5.82 Å². The first-order valence-electron chi connectivity index (χ1n) is 6.80. The van der Waals surface area contributed by atoms with Crippen LogP contribution >= 0.6 is 23.2 Å². The molecule has 0 atom stereocenters. The molecule has 0 aliphatic heterocycles. The minimum absolute atomic E-state index is 0.287. The Hall–Kier alpha value is -2.37.